The van der Waals surface area contributed by atoms with Gasteiger partial charge >= 0.3 is 0 Å². The molecule has 2 rings (SSSR count). The largest absolute Gasteiger partial charge is 0.356 e. The van der Waals surface area contributed by atoms with Crippen LogP contribution in [0.1, 0.15) is 12.8 Å². The molecule has 128 valence electrons. The molecular weight excluding hydrogens is 390 g/mol. The molecule has 2 aliphatic heterocycles. The van der Waals surface area contributed by atoms with Crippen LogP contribution in [-0.4, -0.2) is 75.8 Å². The van der Waals surface area contributed by atoms with E-state index in [1.165, 1.54) is 4.90 Å². The maximum Gasteiger partial charge on any atom is 0.212 e. The van der Waals surface area contributed by atoms with Gasteiger partial charge in [-0.3, -0.25) is 0 Å². The van der Waals surface area contributed by atoms with Crippen LogP contribution < -0.4 is 0 Å². The molecular formula is C10H17NO6S5. The molecule has 0 spiro atoms. The third-order valence-corrected chi connectivity index (χ3v) is 12.3. The van der Waals surface area contributed by atoms with Gasteiger partial charge in [-0.05, 0) is 12.8 Å². The number of hydrogen-bond donors (Lipinski definition) is 0. The van der Waals surface area contributed by atoms with E-state index in [4.69, 9.17) is 12.2 Å². The van der Waals surface area contributed by atoms with E-state index in [-0.39, 0.29) is 39.8 Å². The molecule has 0 saturated carbocycles. The second-order valence-corrected chi connectivity index (χ2v) is 14.7. The van der Waals surface area contributed by atoms with E-state index in [2.05, 4.69) is 0 Å². The molecule has 0 radical (unpaired) electrons. The van der Waals surface area contributed by atoms with Gasteiger partial charge < -0.3 is 4.90 Å². The van der Waals surface area contributed by atoms with Crippen LogP contribution in [0.3, 0.4) is 0 Å². The number of nitrogens with zero attached hydrogens (tertiary/aromatic N) is 1. The fourth-order valence-corrected chi connectivity index (χ4v) is 11.4. The number of thiocarbonyl (C=S) groups is 1. The lowest BCUT2D eigenvalue weighted by Gasteiger charge is -2.25. The molecule has 2 saturated heterocycles. The van der Waals surface area contributed by atoms with Crippen molar-refractivity contribution in [3.8, 4) is 0 Å². The first-order valence-electron chi connectivity index (χ1n) is 6.53. The molecule has 0 aromatic heterocycles. The Hall–Kier alpha value is 0.0900. The molecule has 0 N–H and O–H groups in total. The van der Waals surface area contributed by atoms with Crippen molar-refractivity contribution < 1.29 is 25.3 Å². The molecule has 0 aromatic rings. The van der Waals surface area contributed by atoms with Crippen LogP contribution in [0.15, 0.2) is 0 Å². The average Bonchev–Trinajstić information content (AvgIpc) is 2.90. The fourth-order valence-electron chi connectivity index (χ4n) is 2.44. The van der Waals surface area contributed by atoms with Crippen LogP contribution in [0, 0.1) is 0 Å². The summed E-state index contributed by atoms with van der Waals surface area (Å²) in [5, 5.41) is -0.943. The average molecular weight is 408 g/mol. The van der Waals surface area contributed by atoms with Crippen LogP contribution in [0.25, 0.3) is 0 Å². The van der Waals surface area contributed by atoms with Crippen molar-refractivity contribution in [1.82, 2.24) is 4.90 Å². The number of hydrogen-bond acceptors (Lipinski definition) is 8. The highest BCUT2D eigenvalue weighted by atomic mass is 33.1. The van der Waals surface area contributed by atoms with Gasteiger partial charge in [0, 0.05) is 23.9 Å². The topological polar surface area (TPSA) is 106 Å². The summed E-state index contributed by atoms with van der Waals surface area (Å²) < 4.78 is 70.3. The van der Waals surface area contributed by atoms with Crippen LogP contribution in [0.5, 0.6) is 0 Å². The summed E-state index contributed by atoms with van der Waals surface area (Å²) in [6.45, 7) is 0. The predicted octanol–water partition coefficient (Wildman–Crippen LogP) is -0.360. The Labute approximate surface area is 140 Å². The molecule has 2 fully saturated rings. The van der Waals surface area contributed by atoms with Gasteiger partial charge in [0.05, 0.1) is 28.3 Å². The maximum atomic E-state index is 12.2. The molecule has 0 aliphatic carbocycles. The Balaban J connectivity index is 2.02. The molecule has 2 unspecified atom stereocenters. The monoisotopic (exact) mass is 407 g/mol. The van der Waals surface area contributed by atoms with Crippen molar-refractivity contribution in [1.29, 1.82) is 0 Å². The van der Waals surface area contributed by atoms with Crippen LogP contribution in [0.4, 0.5) is 0 Å². The molecule has 22 heavy (non-hydrogen) atoms. The molecule has 7 nitrogen and oxygen atoms in total. The van der Waals surface area contributed by atoms with E-state index < -0.39 is 33.8 Å². The highest BCUT2D eigenvalue weighted by molar-refractivity contribution is 8.79. The smallest absolute Gasteiger partial charge is 0.212 e. The summed E-state index contributed by atoms with van der Waals surface area (Å²) in [5.41, 5.74) is 0. The Kier molecular flexibility index (Phi) is 5.18. The number of rotatable bonds is 3. The van der Waals surface area contributed by atoms with Crippen molar-refractivity contribution in [3.05, 3.63) is 0 Å². The Bertz CT molecular complexity index is 769. The fraction of sp³-hybridized carbons (Fsp3) is 0.900. The number of sulfone groups is 2. The van der Waals surface area contributed by atoms with Gasteiger partial charge in [-0.25, -0.2) is 25.3 Å². The first kappa shape index (κ1) is 18.4. The van der Waals surface area contributed by atoms with E-state index in [1.54, 1.807) is 7.05 Å². The zero-order valence-electron chi connectivity index (χ0n) is 11.8. The summed E-state index contributed by atoms with van der Waals surface area (Å²) in [7, 11) is -8.07. The summed E-state index contributed by atoms with van der Waals surface area (Å²) in [6.07, 6.45) is 0.499. The zero-order chi connectivity index (χ0) is 16.8. The molecule has 2 heterocycles. The molecule has 12 heteroatoms. The third kappa shape index (κ3) is 4.34. The van der Waals surface area contributed by atoms with Gasteiger partial charge in [-0.2, -0.15) is 0 Å². The Morgan fingerprint density at radius 3 is 2.09 bits per heavy atom. The summed E-state index contributed by atoms with van der Waals surface area (Å²) in [5.74, 6) is -0.460. The van der Waals surface area contributed by atoms with Gasteiger partial charge in [0.2, 0.25) is 8.87 Å². The minimum Gasteiger partial charge on any atom is -0.356 e. The zero-order valence-corrected chi connectivity index (χ0v) is 15.9. The van der Waals surface area contributed by atoms with Crippen LogP contribution in [0.2, 0.25) is 0 Å². The van der Waals surface area contributed by atoms with Gasteiger partial charge in [0.15, 0.2) is 24.0 Å². The quantitative estimate of drug-likeness (QED) is 0.458. The van der Waals surface area contributed by atoms with Gasteiger partial charge in [0.25, 0.3) is 0 Å². The maximum absolute atomic E-state index is 12.2. The van der Waals surface area contributed by atoms with Crippen molar-refractivity contribution in [2.75, 3.05) is 30.1 Å². The molecule has 0 amide bonds. The lowest BCUT2D eigenvalue weighted by atomic mass is 10.2. The van der Waals surface area contributed by atoms with Crippen molar-refractivity contribution in [2.45, 2.75) is 24.1 Å². The van der Waals surface area contributed by atoms with E-state index >= 15 is 0 Å². The molecule has 2 aliphatic rings. The van der Waals surface area contributed by atoms with Crippen LogP contribution >= 0.6 is 23.0 Å². The Morgan fingerprint density at radius 1 is 1.09 bits per heavy atom. The van der Waals surface area contributed by atoms with Crippen molar-refractivity contribution in [2.24, 2.45) is 0 Å². The van der Waals surface area contributed by atoms with Crippen molar-refractivity contribution >= 4 is 55.9 Å². The predicted molar refractivity (Wildman–Crippen MR) is 91.0 cm³/mol. The summed E-state index contributed by atoms with van der Waals surface area (Å²) in [6, 6.07) is -0.326. The summed E-state index contributed by atoms with van der Waals surface area (Å²) >= 11 is 5.09. The second kappa shape index (κ2) is 6.19. The van der Waals surface area contributed by atoms with E-state index in [0.717, 1.165) is 0 Å². The van der Waals surface area contributed by atoms with Crippen LogP contribution in [-0.2, 0) is 28.5 Å². The van der Waals surface area contributed by atoms with E-state index in [1.807, 2.05) is 0 Å². The van der Waals surface area contributed by atoms with Gasteiger partial charge in [-0.1, -0.05) is 12.2 Å². The first-order valence-corrected chi connectivity index (χ1v) is 13.5. The minimum absolute atomic E-state index is 0.0396. The lowest BCUT2D eigenvalue weighted by molar-refractivity contribution is 0.409. The molecule has 0 aromatic carbocycles. The standard InChI is InChI=1S/C10H17NO6S5/c1-11(8-2-4-20(12,13)6-8)10(18)19-22(16,17)9-3-5-21(14,15)7-9/h8-9H,2-7H2,1H3. The lowest BCUT2D eigenvalue weighted by Crippen LogP contribution is -2.36. The first-order chi connectivity index (χ1) is 9.92. The third-order valence-electron chi connectivity index (χ3n) is 3.83. The SMILES string of the molecule is CN(C(=S)SS(=O)(=O)C1CCS(=O)(=O)C1)C1CCS(=O)(=O)C1. The summed E-state index contributed by atoms with van der Waals surface area (Å²) in [4.78, 5) is 1.49. The van der Waals surface area contributed by atoms with E-state index in [9.17, 15) is 25.3 Å². The molecule has 0 bridgehead atoms. The Morgan fingerprint density at radius 2 is 1.64 bits per heavy atom. The normalized spacial score (nSPS) is 30.2. The minimum atomic E-state index is -3.73. The highest BCUT2D eigenvalue weighted by Crippen LogP contribution is 2.30. The highest BCUT2D eigenvalue weighted by Gasteiger charge is 2.39. The van der Waals surface area contributed by atoms with E-state index in [0.29, 0.717) is 17.2 Å². The molecule has 2 atom stereocenters. The van der Waals surface area contributed by atoms with Gasteiger partial charge in [-0.15, -0.1) is 0 Å². The van der Waals surface area contributed by atoms with Crippen molar-refractivity contribution in [3.63, 3.8) is 0 Å². The second-order valence-electron chi connectivity index (χ2n) is 5.53. The van der Waals surface area contributed by atoms with Gasteiger partial charge in [0.1, 0.15) is 0 Å².